The summed E-state index contributed by atoms with van der Waals surface area (Å²) in [6.45, 7) is 4.69. The molecule has 1 aliphatic heterocycles. The number of fused-ring (bicyclic) bond motifs is 2. The number of benzene rings is 2. The maximum Gasteiger partial charge on any atom is 0.272 e. The maximum atomic E-state index is 13.6. The van der Waals surface area contributed by atoms with Crippen molar-refractivity contribution in [2.24, 2.45) is 0 Å². The number of para-hydroxylation sites is 4. The Kier molecular flexibility index (Phi) is 6.23. The van der Waals surface area contributed by atoms with Gasteiger partial charge >= 0.3 is 0 Å². The number of aromatic amines is 2. The van der Waals surface area contributed by atoms with Crippen molar-refractivity contribution < 1.29 is 9.59 Å². The first-order valence-corrected chi connectivity index (χ1v) is 13.9. The van der Waals surface area contributed by atoms with E-state index in [0.717, 1.165) is 22.1 Å². The first-order valence-electron chi connectivity index (χ1n) is 13.9. The summed E-state index contributed by atoms with van der Waals surface area (Å²) in [5.41, 5.74) is 5.38. The highest BCUT2D eigenvalue weighted by atomic mass is 16.2. The van der Waals surface area contributed by atoms with Crippen molar-refractivity contribution in [2.75, 3.05) is 13.1 Å². The molecule has 2 aromatic carbocycles. The van der Waals surface area contributed by atoms with Gasteiger partial charge in [-0.3, -0.25) is 9.59 Å². The van der Waals surface area contributed by atoms with E-state index in [1.165, 1.54) is 0 Å². The van der Waals surface area contributed by atoms with Crippen LogP contribution in [0, 0.1) is 0 Å². The SMILES string of the molecule is C[C@@H]1[C@H](C)N(C(=O)c2cccc(-c3nc4ccccc4[nH]3)n2)CCN1C(=O)c1cccc(-c2nc3ccccc3[nH]2)n1. The second-order valence-electron chi connectivity index (χ2n) is 10.5. The topological polar surface area (TPSA) is 124 Å². The number of aromatic nitrogens is 6. The number of hydrogen-bond acceptors (Lipinski definition) is 6. The zero-order chi connectivity index (χ0) is 28.8. The van der Waals surface area contributed by atoms with Crippen LogP contribution in [0.5, 0.6) is 0 Å². The summed E-state index contributed by atoms with van der Waals surface area (Å²) in [6, 6.07) is 25.8. The number of pyridine rings is 2. The fraction of sp³-hybridized carbons (Fsp3) is 0.188. The molecule has 1 fully saturated rings. The number of nitrogens with zero attached hydrogens (tertiary/aromatic N) is 6. The van der Waals surface area contributed by atoms with Crippen molar-refractivity contribution in [1.82, 2.24) is 39.7 Å². The minimum Gasteiger partial charge on any atom is -0.337 e. The fourth-order valence-corrected chi connectivity index (χ4v) is 5.53. The Bertz CT molecular complexity index is 1750. The zero-order valence-corrected chi connectivity index (χ0v) is 23.2. The van der Waals surface area contributed by atoms with Gasteiger partial charge in [0.25, 0.3) is 11.8 Å². The molecule has 6 aromatic rings. The first-order chi connectivity index (χ1) is 20.5. The second kappa shape index (κ2) is 10.2. The molecule has 2 N–H and O–H groups in total. The zero-order valence-electron chi connectivity index (χ0n) is 23.2. The molecule has 10 nitrogen and oxygen atoms in total. The summed E-state index contributed by atoms with van der Waals surface area (Å²) in [7, 11) is 0. The van der Waals surface area contributed by atoms with Crippen molar-refractivity contribution in [3.05, 3.63) is 96.3 Å². The standard InChI is InChI=1S/C32H28N8O2/c1-19-20(2)40(32(42)28-16-8-14-26(34-28)30-37-23-11-5-6-12-24(23)38-30)18-17-39(19)31(41)27-15-7-13-25(33-27)29-35-21-9-3-4-10-22(21)36-29/h3-16,19-20H,17-18H2,1-2H3,(H,35,36)(H,37,38)/t19-,20+. The van der Waals surface area contributed by atoms with E-state index in [2.05, 4.69) is 29.9 Å². The molecule has 1 aliphatic rings. The molecule has 1 saturated heterocycles. The lowest BCUT2D eigenvalue weighted by atomic mass is 10.0. The number of piperazine rings is 1. The molecule has 7 rings (SSSR count). The summed E-state index contributed by atoms with van der Waals surface area (Å²) in [6.07, 6.45) is 0. The van der Waals surface area contributed by atoms with Crippen LogP contribution in [0.2, 0.25) is 0 Å². The number of amides is 2. The van der Waals surface area contributed by atoms with E-state index in [4.69, 9.17) is 0 Å². The minimum absolute atomic E-state index is 0.176. The van der Waals surface area contributed by atoms with Crippen LogP contribution in [-0.2, 0) is 0 Å². The molecule has 0 aliphatic carbocycles. The Balaban J connectivity index is 1.09. The lowest BCUT2D eigenvalue weighted by Crippen LogP contribution is -2.60. The Morgan fingerprint density at radius 1 is 0.595 bits per heavy atom. The van der Waals surface area contributed by atoms with Crippen molar-refractivity contribution in [1.29, 1.82) is 0 Å². The smallest absolute Gasteiger partial charge is 0.272 e. The van der Waals surface area contributed by atoms with E-state index < -0.39 is 0 Å². The van der Waals surface area contributed by atoms with Gasteiger partial charge in [-0.25, -0.2) is 19.9 Å². The summed E-state index contributed by atoms with van der Waals surface area (Å²) < 4.78 is 0. The third kappa shape index (κ3) is 4.46. The van der Waals surface area contributed by atoms with E-state index in [9.17, 15) is 9.59 Å². The van der Waals surface area contributed by atoms with Crippen LogP contribution in [0.3, 0.4) is 0 Å². The molecule has 0 radical (unpaired) electrons. The van der Waals surface area contributed by atoms with Crippen molar-refractivity contribution in [3.63, 3.8) is 0 Å². The van der Waals surface area contributed by atoms with Gasteiger partial charge in [0.05, 0.1) is 22.1 Å². The van der Waals surface area contributed by atoms with E-state index >= 15 is 0 Å². The van der Waals surface area contributed by atoms with Crippen LogP contribution < -0.4 is 0 Å². The van der Waals surface area contributed by atoms with Crippen LogP contribution in [0.15, 0.2) is 84.9 Å². The molecular formula is C32H28N8O2. The van der Waals surface area contributed by atoms with E-state index in [-0.39, 0.29) is 23.9 Å². The molecule has 0 unspecified atom stereocenters. The second-order valence-corrected chi connectivity index (χ2v) is 10.5. The molecular weight excluding hydrogens is 528 g/mol. The van der Waals surface area contributed by atoms with E-state index in [0.29, 0.717) is 47.5 Å². The molecule has 4 aromatic heterocycles. The lowest BCUT2D eigenvalue weighted by molar-refractivity contribution is 0.0235. The molecule has 42 heavy (non-hydrogen) atoms. The molecule has 2 amide bonds. The number of hydrogen-bond donors (Lipinski definition) is 2. The molecule has 208 valence electrons. The van der Waals surface area contributed by atoms with Crippen LogP contribution in [0.4, 0.5) is 0 Å². The highest BCUT2D eigenvalue weighted by Gasteiger charge is 2.37. The molecule has 2 atom stereocenters. The Hall–Kier alpha value is -5.38. The number of carbonyl (C=O) groups is 2. The summed E-state index contributed by atoms with van der Waals surface area (Å²) >= 11 is 0. The first kappa shape index (κ1) is 25.6. The largest absolute Gasteiger partial charge is 0.337 e. The molecule has 0 saturated carbocycles. The maximum absolute atomic E-state index is 13.6. The van der Waals surface area contributed by atoms with Gasteiger partial charge in [0, 0.05) is 25.2 Å². The lowest BCUT2D eigenvalue weighted by Gasteiger charge is -2.44. The highest BCUT2D eigenvalue weighted by Crippen LogP contribution is 2.24. The van der Waals surface area contributed by atoms with Gasteiger partial charge in [-0.15, -0.1) is 0 Å². The molecule has 0 spiro atoms. The molecule has 0 bridgehead atoms. The van der Waals surface area contributed by atoms with Crippen molar-refractivity contribution in [2.45, 2.75) is 25.9 Å². The normalized spacial score (nSPS) is 17.2. The number of rotatable bonds is 4. The minimum atomic E-state index is -0.231. The van der Waals surface area contributed by atoms with Crippen LogP contribution in [0.1, 0.15) is 34.8 Å². The van der Waals surface area contributed by atoms with Crippen LogP contribution in [0.25, 0.3) is 45.1 Å². The summed E-state index contributed by atoms with van der Waals surface area (Å²) in [5, 5.41) is 0. The highest BCUT2D eigenvalue weighted by molar-refractivity contribution is 5.95. The number of imidazole rings is 2. The predicted molar refractivity (Wildman–Crippen MR) is 160 cm³/mol. The van der Waals surface area contributed by atoms with Crippen molar-refractivity contribution in [3.8, 4) is 23.0 Å². The fourth-order valence-electron chi connectivity index (χ4n) is 5.53. The quantitative estimate of drug-likeness (QED) is 0.317. The van der Waals surface area contributed by atoms with Crippen LogP contribution in [-0.4, -0.2) is 76.7 Å². The van der Waals surface area contributed by atoms with Gasteiger partial charge in [0.1, 0.15) is 22.8 Å². The van der Waals surface area contributed by atoms with Gasteiger partial charge in [0.2, 0.25) is 0 Å². The summed E-state index contributed by atoms with van der Waals surface area (Å²) in [5.74, 6) is 0.869. The van der Waals surface area contributed by atoms with Gasteiger partial charge < -0.3 is 19.8 Å². The van der Waals surface area contributed by atoms with Gasteiger partial charge in [0.15, 0.2) is 11.6 Å². The Morgan fingerprint density at radius 3 is 1.45 bits per heavy atom. The van der Waals surface area contributed by atoms with Crippen molar-refractivity contribution >= 4 is 33.9 Å². The number of nitrogens with one attached hydrogen (secondary N) is 2. The number of carbonyl (C=O) groups excluding carboxylic acids is 2. The Labute approximate surface area is 241 Å². The third-order valence-corrected chi connectivity index (χ3v) is 7.99. The molecule has 10 heteroatoms. The Morgan fingerprint density at radius 2 is 1.02 bits per heavy atom. The molecule has 5 heterocycles. The third-order valence-electron chi connectivity index (χ3n) is 7.99. The van der Waals surface area contributed by atoms with Gasteiger partial charge in [-0.05, 0) is 62.4 Å². The van der Waals surface area contributed by atoms with E-state index in [1.54, 1.807) is 21.9 Å². The van der Waals surface area contributed by atoms with E-state index in [1.807, 2.05) is 86.6 Å². The monoisotopic (exact) mass is 556 g/mol. The average Bonchev–Trinajstić information content (AvgIpc) is 3.67. The average molecular weight is 557 g/mol. The predicted octanol–water partition coefficient (Wildman–Crippen LogP) is 4.94. The van der Waals surface area contributed by atoms with Gasteiger partial charge in [-0.2, -0.15) is 0 Å². The van der Waals surface area contributed by atoms with Gasteiger partial charge in [-0.1, -0.05) is 36.4 Å². The number of H-pyrrole nitrogens is 2. The van der Waals surface area contributed by atoms with Crippen LogP contribution >= 0.6 is 0 Å². The summed E-state index contributed by atoms with van der Waals surface area (Å²) in [4.78, 5) is 55.9.